The molecular formula is C19H23FN4O3. The molecule has 2 bridgehead atoms. The highest BCUT2D eigenvalue weighted by atomic mass is 19.1. The van der Waals surface area contributed by atoms with Gasteiger partial charge in [-0.15, -0.1) is 0 Å². The number of nitrogens with one attached hydrogen (secondary N) is 1. The van der Waals surface area contributed by atoms with E-state index >= 15 is 0 Å². The second kappa shape index (κ2) is 5.76. The lowest BCUT2D eigenvalue weighted by Crippen LogP contribution is -2.44. The highest BCUT2D eigenvalue weighted by molar-refractivity contribution is 5.92. The number of rotatable bonds is 2. The van der Waals surface area contributed by atoms with Crippen molar-refractivity contribution in [3.05, 3.63) is 33.9 Å². The number of pyridine rings is 2. The van der Waals surface area contributed by atoms with Gasteiger partial charge >= 0.3 is 5.97 Å². The lowest BCUT2D eigenvalue weighted by molar-refractivity contribution is 0.0694. The second-order valence-electron chi connectivity index (χ2n) is 8.48. The van der Waals surface area contributed by atoms with Gasteiger partial charge in [-0.05, 0) is 32.8 Å². The largest absolute Gasteiger partial charge is 0.477 e. The zero-order valence-corrected chi connectivity index (χ0v) is 15.8. The third kappa shape index (κ3) is 2.62. The van der Waals surface area contributed by atoms with Crippen molar-refractivity contribution >= 4 is 22.8 Å². The molecule has 2 saturated heterocycles. The van der Waals surface area contributed by atoms with E-state index in [1.54, 1.807) is 4.57 Å². The smallest absolute Gasteiger partial charge is 0.341 e. The van der Waals surface area contributed by atoms with E-state index in [1.807, 2.05) is 25.7 Å². The minimum atomic E-state index is -1.33. The highest BCUT2D eigenvalue weighted by Gasteiger charge is 2.45. The van der Waals surface area contributed by atoms with Crippen molar-refractivity contribution in [1.29, 1.82) is 0 Å². The van der Waals surface area contributed by atoms with E-state index in [4.69, 9.17) is 0 Å². The zero-order valence-electron chi connectivity index (χ0n) is 15.8. The molecule has 0 radical (unpaired) electrons. The first-order valence-corrected chi connectivity index (χ1v) is 9.09. The van der Waals surface area contributed by atoms with Crippen molar-refractivity contribution in [2.24, 2.45) is 5.92 Å². The Labute approximate surface area is 155 Å². The summed E-state index contributed by atoms with van der Waals surface area (Å²) < 4.78 is 16.6. The molecule has 2 fully saturated rings. The van der Waals surface area contributed by atoms with Crippen molar-refractivity contribution in [2.45, 2.75) is 45.3 Å². The Hall–Kier alpha value is -2.48. The number of hydrogen-bond acceptors (Lipinski definition) is 5. The van der Waals surface area contributed by atoms with Gasteiger partial charge in [-0.2, -0.15) is 0 Å². The van der Waals surface area contributed by atoms with Gasteiger partial charge in [0.15, 0.2) is 11.6 Å². The van der Waals surface area contributed by atoms with Crippen LogP contribution < -0.4 is 15.6 Å². The highest BCUT2D eigenvalue weighted by Crippen LogP contribution is 2.35. The third-order valence-electron chi connectivity index (χ3n) is 5.76. The van der Waals surface area contributed by atoms with Gasteiger partial charge in [0.05, 0.1) is 5.39 Å². The minimum Gasteiger partial charge on any atom is -0.477 e. The molecule has 0 aromatic carbocycles. The Morgan fingerprint density at radius 2 is 2.11 bits per heavy atom. The van der Waals surface area contributed by atoms with Crippen molar-refractivity contribution in [2.75, 3.05) is 18.0 Å². The number of fused-ring (bicyclic) bond motifs is 3. The van der Waals surface area contributed by atoms with Crippen molar-refractivity contribution in [3.8, 4) is 0 Å². The Balaban J connectivity index is 1.97. The van der Waals surface area contributed by atoms with Gasteiger partial charge in [-0.1, -0.05) is 6.92 Å². The fourth-order valence-corrected chi connectivity index (χ4v) is 4.21. The molecule has 0 saturated carbocycles. The summed E-state index contributed by atoms with van der Waals surface area (Å²) in [6.45, 7) is 9.23. The number of halogens is 1. The Morgan fingerprint density at radius 3 is 2.63 bits per heavy atom. The minimum absolute atomic E-state index is 0.0124. The van der Waals surface area contributed by atoms with E-state index in [9.17, 15) is 19.1 Å². The van der Waals surface area contributed by atoms with Crippen molar-refractivity contribution in [3.63, 3.8) is 0 Å². The average Bonchev–Trinajstić information content (AvgIpc) is 3.08. The SMILES string of the molecule is C[C@@H]1[C@H]2CN[C@@H]1CN2c1nc2c(cc1F)c(=O)c(C(=O)O)cn2C(C)(C)C. The average molecular weight is 374 g/mol. The lowest BCUT2D eigenvalue weighted by Gasteiger charge is -2.30. The number of anilines is 1. The van der Waals surface area contributed by atoms with E-state index in [0.29, 0.717) is 24.2 Å². The summed E-state index contributed by atoms with van der Waals surface area (Å²) in [7, 11) is 0. The third-order valence-corrected chi connectivity index (χ3v) is 5.76. The maximum absolute atomic E-state index is 14.9. The van der Waals surface area contributed by atoms with Crippen LogP contribution in [0.15, 0.2) is 17.1 Å². The van der Waals surface area contributed by atoms with E-state index in [0.717, 1.165) is 12.6 Å². The van der Waals surface area contributed by atoms with E-state index in [2.05, 4.69) is 17.2 Å². The topological polar surface area (TPSA) is 87.5 Å². The predicted octanol–water partition coefficient (Wildman–Crippen LogP) is 1.79. The molecule has 3 atom stereocenters. The van der Waals surface area contributed by atoms with Gasteiger partial charge in [-0.25, -0.2) is 14.2 Å². The Morgan fingerprint density at radius 1 is 1.41 bits per heavy atom. The molecule has 0 aliphatic carbocycles. The van der Waals surface area contributed by atoms with Crippen LogP contribution >= 0.6 is 0 Å². The molecule has 0 spiro atoms. The van der Waals surface area contributed by atoms with Gasteiger partial charge in [-0.3, -0.25) is 4.79 Å². The van der Waals surface area contributed by atoms with Crippen LogP contribution in [0, 0.1) is 11.7 Å². The summed E-state index contributed by atoms with van der Waals surface area (Å²) in [6.07, 6.45) is 1.31. The Kier molecular flexibility index (Phi) is 3.82. The summed E-state index contributed by atoms with van der Waals surface area (Å²) in [4.78, 5) is 30.6. The summed E-state index contributed by atoms with van der Waals surface area (Å²) in [5, 5.41) is 12.8. The number of aromatic nitrogens is 2. The lowest BCUT2D eigenvalue weighted by atomic mass is 10.0. The number of aromatic carboxylic acids is 1. The molecule has 2 N–H and O–H groups in total. The van der Waals surface area contributed by atoms with E-state index in [1.165, 1.54) is 6.20 Å². The van der Waals surface area contributed by atoms with Gasteiger partial charge in [0.2, 0.25) is 5.43 Å². The normalized spacial score (nSPS) is 24.8. The second-order valence-corrected chi connectivity index (χ2v) is 8.48. The van der Waals surface area contributed by atoms with Crippen LogP contribution in [0.1, 0.15) is 38.1 Å². The fraction of sp³-hybridized carbons (Fsp3) is 0.526. The van der Waals surface area contributed by atoms with Crippen LogP contribution in [0.3, 0.4) is 0 Å². The molecule has 144 valence electrons. The van der Waals surface area contributed by atoms with Crippen LogP contribution in [-0.4, -0.2) is 45.8 Å². The quantitative estimate of drug-likeness (QED) is 0.833. The molecule has 27 heavy (non-hydrogen) atoms. The molecule has 0 amide bonds. The zero-order chi connectivity index (χ0) is 19.7. The monoisotopic (exact) mass is 374 g/mol. The van der Waals surface area contributed by atoms with E-state index in [-0.39, 0.29) is 22.8 Å². The van der Waals surface area contributed by atoms with Crippen LogP contribution in [0.2, 0.25) is 0 Å². The summed E-state index contributed by atoms with van der Waals surface area (Å²) >= 11 is 0. The van der Waals surface area contributed by atoms with Crippen molar-refractivity contribution in [1.82, 2.24) is 14.9 Å². The number of carboxylic acids is 1. The first kappa shape index (κ1) is 17.9. The van der Waals surface area contributed by atoms with Gasteiger partial charge in [0, 0.05) is 36.9 Å². The van der Waals surface area contributed by atoms with Crippen LogP contribution in [-0.2, 0) is 5.54 Å². The van der Waals surface area contributed by atoms with E-state index < -0.39 is 22.8 Å². The molecule has 2 aliphatic rings. The summed E-state index contributed by atoms with van der Waals surface area (Å²) in [5.41, 5.74) is -1.33. The first-order valence-electron chi connectivity index (χ1n) is 9.09. The van der Waals surface area contributed by atoms with Crippen LogP contribution in [0.25, 0.3) is 11.0 Å². The molecule has 2 aliphatic heterocycles. The fourth-order valence-electron chi connectivity index (χ4n) is 4.21. The maximum Gasteiger partial charge on any atom is 0.341 e. The summed E-state index contributed by atoms with van der Waals surface area (Å²) in [6, 6.07) is 1.59. The first-order chi connectivity index (χ1) is 12.6. The summed E-state index contributed by atoms with van der Waals surface area (Å²) in [5.74, 6) is -1.31. The predicted molar refractivity (Wildman–Crippen MR) is 100 cm³/mol. The molecule has 7 nitrogen and oxygen atoms in total. The molecular weight excluding hydrogens is 351 g/mol. The number of carboxylic acid groups (broad SMARTS) is 1. The number of nitrogens with zero attached hydrogens (tertiary/aromatic N) is 3. The molecule has 4 heterocycles. The number of carbonyl (C=O) groups is 1. The molecule has 8 heteroatoms. The number of piperazine rings is 1. The van der Waals surface area contributed by atoms with Gasteiger partial charge in [0.1, 0.15) is 11.2 Å². The number of hydrogen-bond donors (Lipinski definition) is 2. The van der Waals surface area contributed by atoms with Crippen LogP contribution in [0.4, 0.5) is 10.2 Å². The Bertz CT molecular complexity index is 1010. The van der Waals surface area contributed by atoms with Gasteiger partial charge < -0.3 is 19.9 Å². The maximum atomic E-state index is 14.9. The van der Waals surface area contributed by atoms with Crippen LogP contribution in [0.5, 0.6) is 0 Å². The molecule has 0 unspecified atom stereocenters. The molecule has 2 aromatic rings. The van der Waals surface area contributed by atoms with Crippen molar-refractivity contribution < 1.29 is 14.3 Å². The molecule has 4 rings (SSSR count). The molecule has 2 aromatic heterocycles. The standard InChI is InChI=1S/C19H23FN4O3/c1-9-13-8-23(14(9)6-21-13)17-12(20)5-10-15(25)11(18(26)27)7-24(16(10)22-17)19(2,3)4/h5,7,9,13-14,21H,6,8H2,1-4H3,(H,26,27)/t9-,13+,14+/m0/s1. The van der Waals surface area contributed by atoms with Gasteiger partial charge in [0.25, 0.3) is 0 Å².